The molecule has 12 heteroatoms. The van der Waals surface area contributed by atoms with E-state index in [0.29, 0.717) is 32.2 Å². The molecule has 0 fully saturated rings. The normalized spacial score (nSPS) is 14.4. The highest BCUT2D eigenvalue weighted by Gasteiger charge is 2.29. The van der Waals surface area contributed by atoms with Crippen molar-refractivity contribution in [2.45, 2.75) is 49.9 Å². The van der Waals surface area contributed by atoms with Crippen molar-refractivity contribution >= 4 is 48.9 Å². The number of aliphatic carboxylic acids is 1. The Labute approximate surface area is 204 Å². The van der Waals surface area contributed by atoms with Crippen molar-refractivity contribution in [2.75, 3.05) is 18.1 Å². The van der Waals surface area contributed by atoms with Gasteiger partial charge < -0.3 is 32.5 Å². The van der Waals surface area contributed by atoms with E-state index in [1.807, 2.05) is 30.3 Å². The van der Waals surface area contributed by atoms with Crippen LogP contribution in [0.1, 0.15) is 24.8 Å². The predicted octanol–water partition coefficient (Wildman–Crippen LogP) is -0.916. The zero-order valence-corrected chi connectivity index (χ0v) is 20.1. The Bertz CT molecular complexity index is 784. The Kier molecular flexibility index (Phi) is 13.5. The second-order valence-electron chi connectivity index (χ2n) is 7.47. The number of hydrogen-bond donors (Lipinski definition) is 8. The van der Waals surface area contributed by atoms with Crippen molar-refractivity contribution in [1.82, 2.24) is 16.0 Å². The Morgan fingerprint density at radius 2 is 1.39 bits per heavy atom. The van der Waals surface area contributed by atoms with Crippen LogP contribution in [0, 0.1) is 0 Å². The minimum Gasteiger partial charge on any atom is -0.480 e. The van der Waals surface area contributed by atoms with E-state index in [9.17, 15) is 19.2 Å². The second kappa shape index (κ2) is 15.5. The molecule has 1 aromatic carbocycles. The summed E-state index contributed by atoms with van der Waals surface area (Å²) in [6.45, 7) is 0.428. The van der Waals surface area contributed by atoms with E-state index >= 15 is 0 Å². The molecule has 0 spiro atoms. The maximum atomic E-state index is 12.9. The van der Waals surface area contributed by atoms with E-state index in [0.717, 1.165) is 5.56 Å². The van der Waals surface area contributed by atoms with E-state index in [1.54, 1.807) is 0 Å². The van der Waals surface area contributed by atoms with E-state index in [-0.39, 0.29) is 11.5 Å². The third kappa shape index (κ3) is 10.5. The zero-order chi connectivity index (χ0) is 24.8. The molecule has 0 saturated carbocycles. The number of unbranched alkanes of at least 4 members (excludes halogenated alkanes) is 1. The maximum absolute atomic E-state index is 12.9. The fraction of sp³-hybridized carbons (Fsp3) is 0.524. The second-order valence-corrected chi connectivity index (χ2v) is 8.20. The molecular weight excluding hydrogens is 466 g/mol. The number of amides is 3. The molecule has 0 aromatic heterocycles. The largest absolute Gasteiger partial charge is 0.480 e. The summed E-state index contributed by atoms with van der Waals surface area (Å²) < 4.78 is 0. The topological polar surface area (TPSA) is 177 Å². The highest BCUT2D eigenvalue weighted by molar-refractivity contribution is 7.80. The summed E-state index contributed by atoms with van der Waals surface area (Å²) in [7, 11) is 0. The summed E-state index contributed by atoms with van der Waals surface area (Å²) in [5.74, 6) is -3.26. The van der Waals surface area contributed by atoms with Crippen LogP contribution in [0.3, 0.4) is 0 Å². The van der Waals surface area contributed by atoms with Crippen LogP contribution in [-0.2, 0) is 25.6 Å². The smallest absolute Gasteiger partial charge is 0.327 e. The average molecular weight is 500 g/mol. The van der Waals surface area contributed by atoms with Crippen molar-refractivity contribution < 1.29 is 24.3 Å². The number of nitrogens with one attached hydrogen (secondary N) is 3. The molecule has 1 rings (SSSR count). The number of benzene rings is 1. The molecule has 3 amide bonds. The number of carboxylic acids is 1. The third-order valence-electron chi connectivity index (χ3n) is 4.83. The first kappa shape index (κ1) is 28.8. The Morgan fingerprint density at radius 3 is 1.94 bits per heavy atom. The molecule has 0 heterocycles. The quantitative estimate of drug-likeness (QED) is 0.114. The zero-order valence-electron chi connectivity index (χ0n) is 18.3. The van der Waals surface area contributed by atoms with Crippen LogP contribution in [-0.4, -0.2) is 71.0 Å². The Morgan fingerprint density at radius 1 is 0.848 bits per heavy atom. The molecule has 0 radical (unpaired) electrons. The first-order valence-electron chi connectivity index (χ1n) is 10.6. The van der Waals surface area contributed by atoms with Gasteiger partial charge in [-0.1, -0.05) is 30.3 Å². The van der Waals surface area contributed by atoms with Gasteiger partial charge in [-0.05, 0) is 37.8 Å². The number of nitrogens with two attached hydrogens (primary N) is 2. The first-order chi connectivity index (χ1) is 15.7. The van der Waals surface area contributed by atoms with Crippen molar-refractivity contribution in [2.24, 2.45) is 11.5 Å². The third-order valence-corrected chi connectivity index (χ3v) is 5.56. The van der Waals surface area contributed by atoms with Gasteiger partial charge in [-0.15, -0.1) is 0 Å². The lowest BCUT2D eigenvalue weighted by molar-refractivity contribution is -0.141. The molecule has 1 aromatic rings. The monoisotopic (exact) mass is 499 g/mol. The van der Waals surface area contributed by atoms with Gasteiger partial charge in [-0.25, -0.2) is 4.79 Å². The first-order valence-corrected chi connectivity index (χ1v) is 11.8. The van der Waals surface area contributed by atoms with Gasteiger partial charge in [-0.2, -0.15) is 25.3 Å². The minimum atomic E-state index is -1.25. The van der Waals surface area contributed by atoms with E-state index in [1.165, 1.54) is 0 Å². The van der Waals surface area contributed by atoms with Crippen LogP contribution in [0.4, 0.5) is 0 Å². The van der Waals surface area contributed by atoms with Gasteiger partial charge >= 0.3 is 5.97 Å². The molecule has 0 saturated heterocycles. The van der Waals surface area contributed by atoms with E-state index < -0.39 is 47.9 Å². The molecule has 184 valence electrons. The molecule has 4 atom stereocenters. The fourth-order valence-electron chi connectivity index (χ4n) is 2.93. The summed E-state index contributed by atoms with van der Waals surface area (Å²) in [5, 5.41) is 16.6. The summed E-state index contributed by atoms with van der Waals surface area (Å²) in [6.07, 6.45) is 1.81. The summed E-state index contributed by atoms with van der Waals surface area (Å²) in [4.78, 5) is 49.0. The van der Waals surface area contributed by atoms with E-state index in [2.05, 4.69) is 41.2 Å². The Balaban J connectivity index is 2.82. The van der Waals surface area contributed by atoms with Crippen molar-refractivity contribution in [1.29, 1.82) is 0 Å². The van der Waals surface area contributed by atoms with Crippen LogP contribution in [0.25, 0.3) is 0 Å². The molecule has 4 unspecified atom stereocenters. The molecule has 33 heavy (non-hydrogen) atoms. The van der Waals surface area contributed by atoms with Gasteiger partial charge in [0.2, 0.25) is 17.7 Å². The highest BCUT2D eigenvalue weighted by atomic mass is 32.1. The molecule has 0 aliphatic rings. The highest BCUT2D eigenvalue weighted by Crippen LogP contribution is 2.06. The number of carboxylic acid groups (broad SMARTS) is 1. The molecule has 0 aliphatic heterocycles. The van der Waals surface area contributed by atoms with Gasteiger partial charge in [0, 0.05) is 11.5 Å². The number of rotatable bonds is 15. The molecule has 0 aliphatic carbocycles. The fourth-order valence-corrected chi connectivity index (χ4v) is 3.43. The lowest BCUT2D eigenvalue weighted by Gasteiger charge is -2.24. The van der Waals surface area contributed by atoms with Gasteiger partial charge in [0.05, 0.1) is 6.04 Å². The maximum Gasteiger partial charge on any atom is 0.327 e. The van der Waals surface area contributed by atoms with Crippen LogP contribution < -0.4 is 27.4 Å². The molecule has 0 bridgehead atoms. The SMILES string of the molecule is NCCCCC(NC(=O)C(N)Cc1ccccc1)C(=O)NC(CS)C(=O)NC(CS)C(=O)O. The molecular formula is C21H33N5O5S2. The Hall–Kier alpha value is -2.28. The van der Waals surface area contributed by atoms with Crippen LogP contribution in [0.5, 0.6) is 0 Å². The van der Waals surface area contributed by atoms with Crippen molar-refractivity contribution in [3.05, 3.63) is 35.9 Å². The summed E-state index contributed by atoms with van der Waals surface area (Å²) in [6, 6.07) is 5.12. The summed E-state index contributed by atoms with van der Waals surface area (Å²) in [5.41, 5.74) is 12.4. The van der Waals surface area contributed by atoms with Crippen molar-refractivity contribution in [3.8, 4) is 0 Å². The molecule has 10 nitrogen and oxygen atoms in total. The lowest BCUT2D eigenvalue weighted by Crippen LogP contribution is -2.58. The number of hydrogen-bond acceptors (Lipinski definition) is 8. The van der Waals surface area contributed by atoms with Crippen LogP contribution in [0.15, 0.2) is 30.3 Å². The van der Waals surface area contributed by atoms with E-state index in [4.69, 9.17) is 16.6 Å². The number of carbonyl (C=O) groups excluding carboxylic acids is 3. The van der Waals surface area contributed by atoms with Crippen LogP contribution >= 0.6 is 25.3 Å². The van der Waals surface area contributed by atoms with Crippen LogP contribution in [0.2, 0.25) is 0 Å². The lowest BCUT2D eigenvalue weighted by atomic mass is 10.0. The molecule has 8 N–H and O–H groups in total. The average Bonchev–Trinajstić information content (AvgIpc) is 2.80. The van der Waals surface area contributed by atoms with Gasteiger partial charge in [-0.3, -0.25) is 14.4 Å². The number of carbonyl (C=O) groups is 4. The van der Waals surface area contributed by atoms with Gasteiger partial charge in [0.1, 0.15) is 18.1 Å². The van der Waals surface area contributed by atoms with Crippen molar-refractivity contribution in [3.63, 3.8) is 0 Å². The minimum absolute atomic E-state index is 0.0759. The van der Waals surface area contributed by atoms with Gasteiger partial charge in [0.25, 0.3) is 0 Å². The van der Waals surface area contributed by atoms with Gasteiger partial charge in [0.15, 0.2) is 0 Å². The summed E-state index contributed by atoms with van der Waals surface area (Å²) >= 11 is 7.98. The standard InChI is InChI=1S/C21H33N5O5S2/c22-9-5-4-8-15(24-18(27)14(23)10-13-6-2-1-3-7-13)19(28)25-16(11-32)20(29)26-17(12-33)21(30)31/h1-3,6-7,14-17,32-33H,4-5,8-12,22-23H2,(H,24,27)(H,25,28)(H,26,29)(H,30,31). The number of thiol groups is 2. The predicted molar refractivity (Wildman–Crippen MR) is 132 cm³/mol.